The van der Waals surface area contributed by atoms with Gasteiger partial charge in [0.2, 0.25) is 0 Å². The molecule has 3 nitrogen and oxygen atoms in total. The Morgan fingerprint density at radius 3 is 2.50 bits per heavy atom. The first-order valence-corrected chi connectivity index (χ1v) is 4.17. The van der Waals surface area contributed by atoms with Crippen LogP contribution in [0.15, 0.2) is 23.1 Å². The average molecular weight is 203 g/mol. The first-order valence-electron chi connectivity index (χ1n) is 4.17. The third kappa shape index (κ3) is 2.55. The molecular formula is C9H11F2NO2. The van der Waals surface area contributed by atoms with Crippen LogP contribution in [0.25, 0.3) is 0 Å². The van der Waals surface area contributed by atoms with E-state index in [1.165, 1.54) is 22.9 Å². The van der Waals surface area contributed by atoms with Crippen molar-refractivity contribution in [3.05, 3.63) is 28.7 Å². The van der Waals surface area contributed by atoms with Gasteiger partial charge in [-0.2, -0.15) is 8.78 Å². The zero-order valence-electron chi connectivity index (χ0n) is 7.91. The summed E-state index contributed by atoms with van der Waals surface area (Å²) in [4.78, 5) is 11.2. The number of ether oxygens (including phenoxy) is 1. The molecule has 0 unspecified atom stereocenters. The van der Waals surface area contributed by atoms with Crippen LogP contribution in [0.3, 0.4) is 0 Å². The standard InChI is InChI=1S/C9H11F2NO2/c1-6(2)12-5-7(14-9(10)11)3-4-8(12)13/h3-6,9H,1-2H3. The van der Waals surface area contributed by atoms with Crippen molar-refractivity contribution in [2.75, 3.05) is 0 Å². The second-order valence-electron chi connectivity index (χ2n) is 3.08. The van der Waals surface area contributed by atoms with Crippen LogP contribution in [0.4, 0.5) is 8.78 Å². The molecule has 0 fully saturated rings. The van der Waals surface area contributed by atoms with Gasteiger partial charge in [-0.15, -0.1) is 0 Å². The lowest BCUT2D eigenvalue weighted by molar-refractivity contribution is -0.0503. The molecular weight excluding hydrogens is 192 g/mol. The molecule has 1 heterocycles. The molecule has 0 saturated carbocycles. The van der Waals surface area contributed by atoms with Gasteiger partial charge in [0.25, 0.3) is 5.56 Å². The summed E-state index contributed by atoms with van der Waals surface area (Å²) < 4.78 is 29.2. The number of alkyl halides is 2. The van der Waals surface area contributed by atoms with E-state index in [0.717, 1.165) is 0 Å². The van der Waals surface area contributed by atoms with Gasteiger partial charge in [0.05, 0.1) is 0 Å². The first-order chi connectivity index (χ1) is 6.50. The van der Waals surface area contributed by atoms with E-state index in [4.69, 9.17) is 0 Å². The quantitative estimate of drug-likeness (QED) is 0.752. The fourth-order valence-corrected chi connectivity index (χ4v) is 1.06. The second-order valence-corrected chi connectivity index (χ2v) is 3.08. The third-order valence-electron chi connectivity index (χ3n) is 1.69. The largest absolute Gasteiger partial charge is 0.433 e. The Balaban J connectivity index is 3.01. The van der Waals surface area contributed by atoms with Crippen molar-refractivity contribution in [2.24, 2.45) is 0 Å². The predicted molar refractivity (Wildman–Crippen MR) is 47.7 cm³/mol. The highest BCUT2D eigenvalue weighted by molar-refractivity contribution is 5.17. The van der Waals surface area contributed by atoms with Crippen molar-refractivity contribution in [1.82, 2.24) is 4.57 Å². The normalized spacial score (nSPS) is 11.0. The van der Waals surface area contributed by atoms with Crippen LogP contribution in [0.2, 0.25) is 0 Å². The summed E-state index contributed by atoms with van der Waals surface area (Å²) in [6.07, 6.45) is 1.28. The molecule has 0 amide bonds. The lowest BCUT2D eigenvalue weighted by Crippen LogP contribution is -2.20. The molecule has 1 aromatic heterocycles. The summed E-state index contributed by atoms with van der Waals surface area (Å²) in [7, 11) is 0. The fourth-order valence-electron chi connectivity index (χ4n) is 1.06. The van der Waals surface area contributed by atoms with Crippen LogP contribution in [-0.2, 0) is 0 Å². The molecule has 0 aliphatic rings. The van der Waals surface area contributed by atoms with Gasteiger partial charge in [-0.05, 0) is 19.9 Å². The lowest BCUT2D eigenvalue weighted by atomic mass is 10.3. The predicted octanol–water partition coefficient (Wildman–Crippen LogP) is 2.03. The van der Waals surface area contributed by atoms with Crippen LogP contribution in [0, 0.1) is 0 Å². The molecule has 5 heteroatoms. The highest BCUT2D eigenvalue weighted by Crippen LogP contribution is 2.12. The molecule has 0 spiro atoms. The monoisotopic (exact) mass is 203 g/mol. The first kappa shape index (κ1) is 10.7. The molecule has 1 aromatic rings. The van der Waals surface area contributed by atoms with Crippen LogP contribution in [0.1, 0.15) is 19.9 Å². The van der Waals surface area contributed by atoms with Gasteiger partial charge in [-0.3, -0.25) is 4.79 Å². The zero-order chi connectivity index (χ0) is 10.7. The number of nitrogens with zero attached hydrogens (tertiary/aromatic N) is 1. The molecule has 0 bridgehead atoms. The summed E-state index contributed by atoms with van der Waals surface area (Å²) in [6, 6.07) is 2.36. The van der Waals surface area contributed by atoms with Gasteiger partial charge in [0.1, 0.15) is 5.75 Å². The maximum Gasteiger partial charge on any atom is 0.387 e. The third-order valence-corrected chi connectivity index (χ3v) is 1.69. The molecule has 0 atom stereocenters. The SMILES string of the molecule is CC(C)n1cc(OC(F)F)ccc1=O. The number of hydrogen-bond acceptors (Lipinski definition) is 2. The van der Waals surface area contributed by atoms with Gasteiger partial charge >= 0.3 is 6.61 Å². The van der Waals surface area contributed by atoms with Crippen LogP contribution < -0.4 is 10.3 Å². The van der Waals surface area contributed by atoms with Gasteiger partial charge in [0.15, 0.2) is 0 Å². The summed E-state index contributed by atoms with van der Waals surface area (Å²) in [6.45, 7) is 0.703. The number of aromatic nitrogens is 1. The van der Waals surface area contributed by atoms with E-state index in [-0.39, 0.29) is 17.4 Å². The van der Waals surface area contributed by atoms with Gasteiger partial charge in [0, 0.05) is 18.3 Å². The van der Waals surface area contributed by atoms with Crippen LogP contribution in [-0.4, -0.2) is 11.2 Å². The minimum absolute atomic E-state index is 0.00620. The van der Waals surface area contributed by atoms with E-state index < -0.39 is 6.61 Å². The Hall–Kier alpha value is -1.39. The zero-order valence-corrected chi connectivity index (χ0v) is 7.91. The van der Waals surface area contributed by atoms with Crippen molar-refractivity contribution in [3.63, 3.8) is 0 Å². The van der Waals surface area contributed by atoms with Gasteiger partial charge < -0.3 is 9.30 Å². The Morgan fingerprint density at radius 2 is 2.00 bits per heavy atom. The molecule has 0 aliphatic carbocycles. The number of pyridine rings is 1. The highest BCUT2D eigenvalue weighted by Gasteiger charge is 2.07. The fraction of sp³-hybridized carbons (Fsp3) is 0.444. The summed E-state index contributed by atoms with van der Waals surface area (Å²) in [5.74, 6) is -0.00620. The highest BCUT2D eigenvalue weighted by atomic mass is 19.3. The number of rotatable bonds is 3. The number of hydrogen-bond donors (Lipinski definition) is 0. The van der Waals surface area contributed by atoms with E-state index in [0.29, 0.717) is 0 Å². The molecule has 0 radical (unpaired) electrons. The van der Waals surface area contributed by atoms with Crippen LogP contribution >= 0.6 is 0 Å². The smallest absolute Gasteiger partial charge is 0.387 e. The summed E-state index contributed by atoms with van der Waals surface area (Å²) in [5.41, 5.74) is -0.235. The maximum atomic E-state index is 11.8. The molecule has 0 N–H and O–H groups in total. The Bertz CT molecular complexity index is 360. The molecule has 14 heavy (non-hydrogen) atoms. The van der Waals surface area contributed by atoms with Crippen molar-refractivity contribution in [1.29, 1.82) is 0 Å². The number of halogens is 2. The Kier molecular flexibility index (Phi) is 3.22. The molecule has 0 saturated heterocycles. The van der Waals surface area contributed by atoms with Crippen molar-refractivity contribution in [2.45, 2.75) is 26.5 Å². The topological polar surface area (TPSA) is 31.2 Å². The average Bonchev–Trinajstić information content (AvgIpc) is 2.07. The van der Waals surface area contributed by atoms with Gasteiger partial charge in [-0.25, -0.2) is 0 Å². The van der Waals surface area contributed by atoms with Gasteiger partial charge in [-0.1, -0.05) is 0 Å². The van der Waals surface area contributed by atoms with Crippen molar-refractivity contribution < 1.29 is 13.5 Å². The minimum Gasteiger partial charge on any atom is -0.433 e. The summed E-state index contributed by atoms with van der Waals surface area (Å²) in [5, 5.41) is 0. The Morgan fingerprint density at radius 1 is 1.36 bits per heavy atom. The van der Waals surface area contributed by atoms with E-state index in [1.54, 1.807) is 13.8 Å². The lowest BCUT2D eigenvalue weighted by Gasteiger charge is -2.11. The van der Waals surface area contributed by atoms with Crippen LogP contribution in [0.5, 0.6) is 5.75 Å². The minimum atomic E-state index is -2.87. The molecule has 0 aromatic carbocycles. The molecule has 1 rings (SSSR count). The summed E-state index contributed by atoms with van der Waals surface area (Å²) >= 11 is 0. The van der Waals surface area contributed by atoms with E-state index in [9.17, 15) is 13.6 Å². The second kappa shape index (κ2) is 4.21. The molecule has 0 aliphatic heterocycles. The van der Waals surface area contributed by atoms with Crippen molar-refractivity contribution >= 4 is 0 Å². The van der Waals surface area contributed by atoms with E-state index >= 15 is 0 Å². The molecule has 78 valence electrons. The van der Waals surface area contributed by atoms with Crippen molar-refractivity contribution in [3.8, 4) is 5.75 Å². The van der Waals surface area contributed by atoms with E-state index in [1.807, 2.05) is 0 Å². The Labute approximate surface area is 79.9 Å². The maximum absolute atomic E-state index is 11.8. The van der Waals surface area contributed by atoms with E-state index in [2.05, 4.69) is 4.74 Å².